The molecule has 1 rings (SSSR count). The zero-order valence-corrected chi connectivity index (χ0v) is 11.1. The molecule has 7 nitrogen and oxygen atoms in total. The van der Waals surface area contributed by atoms with Gasteiger partial charge in [0.05, 0.1) is 12.3 Å². The summed E-state index contributed by atoms with van der Waals surface area (Å²) < 4.78 is 30.9. The molecule has 0 saturated heterocycles. The number of aryl methyl sites for hydroxylation is 2. The maximum atomic E-state index is 11.8. The molecule has 9 heteroatoms. The Kier molecular flexibility index (Phi) is 3.99. The van der Waals surface area contributed by atoms with E-state index in [1.807, 2.05) is 0 Å². The lowest BCUT2D eigenvalue weighted by Crippen LogP contribution is -2.32. The zero-order chi connectivity index (χ0) is 13.2. The van der Waals surface area contributed by atoms with E-state index in [9.17, 15) is 13.2 Å². The quantitative estimate of drug-likeness (QED) is 0.886. The molecule has 0 aliphatic rings. The van der Waals surface area contributed by atoms with Crippen LogP contribution >= 0.6 is 11.6 Å². The van der Waals surface area contributed by atoms with Crippen molar-refractivity contribution in [1.29, 1.82) is 0 Å². The van der Waals surface area contributed by atoms with Crippen LogP contribution in [0.4, 0.5) is 4.79 Å². The van der Waals surface area contributed by atoms with Crippen LogP contribution in [0.25, 0.3) is 0 Å². The van der Waals surface area contributed by atoms with Crippen LogP contribution < -0.4 is 4.72 Å². The Morgan fingerprint density at radius 3 is 2.59 bits per heavy atom. The molecule has 0 aromatic carbocycles. The predicted molar refractivity (Wildman–Crippen MR) is 60.3 cm³/mol. The summed E-state index contributed by atoms with van der Waals surface area (Å²) in [6, 6.07) is 0. The van der Waals surface area contributed by atoms with Gasteiger partial charge in [-0.2, -0.15) is 13.5 Å². The summed E-state index contributed by atoms with van der Waals surface area (Å²) >= 11 is 5.80. The number of carbonyl (C=O) groups excluding carboxylic acids is 1. The maximum Gasteiger partial charge on any atom is 0.421 e. The first-order chi connectivity index (χ1) is 7.79. The lowest BCUT2D eigenvalue weighted by Gasteiger charge is -2.07. The van der Waals surface area contributed by atoms with E-state index in [0.29, 0.717) is 5.69 Å². The number of hydrogen-bond acceptors (Lipinski definition) is 5. The summed E-state index contributed by atoms with van der Waals surface area (Å²) in [5.74, 6) is 0. The van der Waals surface area contributed by atoms with E-state index in [2.05, 4.69) is 9.84 Å². The van der Waals surface area contributed by atoms with Crippen molar-refractivity contribution in [2.24, 2.45) is 7.05 Å². The first kappa shape index (κ1) is 13.8. The Morgan fingerprint density at radius 1 is 1.59 bits per heavy atom. The second-order valence-electron chi connectivity index (χ2n) is 3.15. The van der Waals surface area contributed by atoms with Crippen LogP contribution in [0, 0.1) is 6.92 Å². The number of hydrogen-bond donors (Lipinski definition) is 1. The minimum Gasteiger partial charge on any atom is -0.449 e. The highest BCUT2D eigenvalue weighted by Gasteiger charge is 2.27. The molecule has 0 bridgehead atoms. The second kappa shape index (κ2) is 4.92. The van der Waals surface area contributed by atoms with Gasteiger partial charge in [-0.05, 0) is 13.8 Å². The first-order valence-corrected chi connectivity index (χ1v) is 6.54. The van der Waals surface area contributed by atoms with Crippen molar-refractivity contribution in [2.75, 3.05) is 6.61 Å². The molecular weight excluding hydrogens is 270 g/mol. The summed E-state index contributed by atoms with van der Waals surface area (Å²) in [6.45, 7) is 3.19. The fourth-order valence-corrected chi connectivity index (χ4v) is 2.83. The highest BCUT2D eigenvalue weighted by Crippen LogP contribution is 2.23. The van der Waals surface area contributed by atoms with E-state index >= 15 is 0 Å². The van der Waals surface area contributed by atoms with E-state index < -0.39 is 16.1 Å². The standard InChI is InChI=1S/C8H12ClN3O4S/c1-4-16-8(13)11-17(14,15)7-6(9)5(2)10-12(7)3/h4H2,1-3H3,(H,11,13). The lowest BCUT2D eigenvalue weighted by molar-refractivity contribution is 0.158. The molecule has 1 N–H and O–H groups in total. The normalized spacial score (nSPS) is 11.3. The van der Waals surface area contributed by atoms with E-state index in [4.69, 9.17) is 11.6 Å². The Bertz CT molecular complexity index is 537. The number of halogens is 1. The molecule has 0 aliphatic heterocycles. The van der Waals surface area contributed by atoms with Gasteiger partial charge in [-0.15, -0.1) is 0 Å². The third-order valence-electron chi connectivity index (χ3n) is 1.85. The van der Waals surface area contributed by atoms with Gasteiger partial charge in [0.1, 0.15) is 5.02 Å². The largest absolute Gasteiger partial charge is 0.449 e. The highest BCUT2D eigenvalue weighted by atomic mass is 35.5. The molecule has 0 unspecified atom stereocenters. The Balaban J connectivity index is 3.10. The molecule has 0 radical (unpaired) electrons. The predicted octanol–water partition coefficient (Wildman–Crippen LogP) is 0.817. The van der Waals surface area contributed by atoms with Crippen molar-refractivity contribution in [3.63, 3.8) is 0 Å². The second-order valence-corrected chi connectivity index (χ2v) is 5.13. The summed E-state index contributed by atoms with van der Waals surface area (Å²) in [7, 11) is -2.66. The van der Waals surface area contributed by atoms with Crippen molar-refractivity contribution < 1.29 is 17.9 Å². The van der Waals surface area contributed by atoms with Gasteiger partial charge in [0, 0.05) is 7.05 Å². The molecule has 0 atom stereocenters. The summed E-state index contributed by atoms with van der Waals surface area (Å²) in [4.78, 5) is 11.1. The number of rotatable bonds is 3. The molecule has 0 fully saturated rings. The van der Waals surface area contributed by atoms with Gasteiger partial charge >= 0.3 is 6.09 Å². The van der Waals surface area contributed by atoms with Gasteiger partial charge in [-0.25, -0.2) is 9.52 Å². The van der Waals surface area contributed by atoms with E-state index in [1.165, 1.54) is 7.05 Å². The molecule has 1 aromatic heterocycles. The van der Waals surface area contributed by atoms with Gasteiger partial charge < -0.3 is 4.74 Å². The summed E-state index contributed by atoms with van der Waals surface area (Å²) in [5.41, 5.74) is 0.360. The van der Waals surface area contributed by atoms with Crippen molar-refractivity contribution in [1.82, 2.24) is 14.5 Å². The van der Waals surface area contributed by atoms with Crippen LogP contribution in [0.2, 0.25) is 5.02 Å². The molecular formula is C8H12ClN3O4S. The minimum absolute atomic E-state index is 0.0238. The van der Waals surface area contributed by atoms with Gasteiger partial charge in [-0.3, -0.25) is 4.68 Å². The monoisotopic (exact) mass is 281 g/mol. The Morgan fingerprint density at radius 2 is 2.18 bits per heavy atom. The van der Waals surface area contributed by atoms with Crippen LogP contribution in [-0.2, 0) is 21.8 Å². The maximum absolute atomic E-state index is 11.8. The average molecular weight is 282 g/mol. The van der Waals surface area contributed by atoms with Gasteiger partial charge in [0.25, 0.3) is 10.0 Å². The average Bonchev–Trinajstić information content (AvgIpc) is 2.40. The topological polar surface area (TPSA) is 90.3 Å². The zero-order valence-electron chi connectivity index (χ0n) is 9.52. The first-order valence-electron chi connectivity index (χ1n) is 4.68. The van der Waals surface area contributed by atoms with Crippen molar-refractivity contribution in [2.45, 2.75) is 18.9 Å². The van der Waals surface area contributed by atoms with Crippen LogP contribution in [0.1, 0.15) is 12.6 Å². The minimum atomic E-state index is -4.08. The molecule has 1 aromatic rings. The number of sulfonamides is 1. The molecule has 0 aliphatic carbocycles. The van der Waals surface area contributed by atoms with E-state index in [0.717, 1.165) is 4.68 Å². The Hall–Kier alpha value is -1.28. The fourth-order valence-electron chi connectivity index (χ4n) is 1.22. The molecule has 96 valence electrons. The Labute approximate surface area is 104 Å². The van der Waals surface area contributed by atoms with Crippen molar-refractivity contribution in [3.05, 3.63) is 10.7 Å². The fraction of sp³-hybridized carbons (Fsp3) is 0.500. The SMILES string of the molecule is CCOC(=O)NS(=O)(=O)c1c(Cl)c(C)nn1C. The van der Waals surface area contributed by atoms with Crippen molar-refractivity contribution in [3.8, 4) is 0 Å². The number of carbonyl (C=O) groups is 1. The number of nitrogens with zero attached hydrogens (tertiary/aromatic N) is 2. The number of amides is 1. The van der Waals surface area contributed by atoms with Gasteiger partial charge in [0.15, 0.2) is 5.03 Å². The summed E-state index contributed by atoms with van der Waals surface area (Å²) in [6.07, 6.45) is -1.05. The van der Waals surface area contributed by atoms with E-state index in [-0.39, 0.29) is 16.7 Å². The van der Waals surface area contributed by atoms with Gasteiger partial charge in [0.2, 0.25) is 0 Å². The lowest BCUT2D eigenvalue weighted by atomic mass is 10.5. The highest BCUT2D eigenvalue weighted by molar-refractivity contribution is 7.90. The molecule has 1 heterocycles. The third-order valence-corrected chi connectivity index (χ3v) is 3.82. The smallest absolute Gasteiger partial charge is 0.421 e. The van der Waals surface area contributed by atoms with Gasteiger partial charge in [-0.1, -0.05) is 11.6 Å². The molecule has 0 spiro atoms. The molecule has 17 heavy (non-hydrogen) atoms. The molecule has 1 amide bonds. The number of aromatic nitrogens is 2. The number of nitrogens with one attached hydrogen (secondary N) is 1. The van der Waals surface area contributed by atoms with Crippen LogP contribution in [-0.4, -0.2) is 30.9 Å². The summed E-state index contributed by atoms with van der Waals surface area (Å²) in [5, 5.41) is 3.55. The third kappa shape index (κ3) is 2.89. The van der Waals surface area contributed by atoms with Crippen LogP contribution in [0.3, 0.4) is 0 Å². The molecule has 0 saturated carbocycles. The van der Waals surface area contributed by atoms with Crippen molar-refractivity contribution >= 4 is 27.7 Å². The van der Waals surface area contributed by atoms with Crippen LogP contribution in [0.15, 0.2) is 5.03 Å². The number of ether oxygens (including phenoxy) is 1. The van der Waals surface area contributed by atoms with Crippen LogP contribution in [0.5, 0.6) is 0 Å². The van der Waals surface area contributed by atoms with E-state index in [1.54, 1.807) is 18.6 Å².